The topological polar surface area (TPSA) is 95.1 Å². The van der Waals surface area contributed by atoms with Crippen LogP contribution in [0.15, 0.2) is 53.5 Å². The van der Waals surface area contributed by atoms with Gasteiger partial charge in [0.05, 0.1) is 24.0 Å². The molecule has 2 unspecified atom stereocenters. The number of benzene rings is 2. The van der Waals surface area contributed by atoms with E-state index in [1.807, 2.05) is 62.4 Å². The first-order valence-corrected chi connectivity index (χ1v) is 11.6. The molecule has 32 heavy (non-hydrogen) atoms. The number of hydrogen-bond donors (Lipinski definition) is 3. The van der Waals surface area contributed by atoms with Gasteiger partial charge in [0, 0.05) is 13.1 Å². The molecule has 0 radical (unpaired) electrons. The number of fused-ring (bicyclic) bond motifs is 1. The van der Waals surface area contributed by atoms with Crippen molar-refractivity contribution in [3.05, 3.63) is 59.7 Å². The van der Waals surface area contributed by atoms with Gasteiger partial charge < -0.3 is 10.1 Å². The van der Waals surface area contributed by atoms with Crippen molar-refractivity contribution < 1.29 is 14.3 Å². The van der Waals surface area contributed by atoms with Gasteiger partial charge in [0.1, 0.15) is 11.9 Å². The molecule has 2 aromatic carbocycles. The first-order chi connectivity index (χ1) is 15.5. The Labute approximate surface area is 191 Å². The van der Waals surface area contributed by atoms with E-state index < -0.39 is 0 Å². The summed E-state index contributed by atoms with van der Waals surface area (Å²) in [6.07, 6.45) is -0.334. The highest BCUT2D eigenvalue weighted by atomic mass is 32.2. The lowest BCUT2D eigenvalue weighted by Gasteiger charge is -2.32. The Bertz CT molecular complexity index is 994. The second kappa shape index (κ2) is 10.2. The van der Waals surface area contributed by atoms with Crippen molar-refractivity contribution in [3.63, 3.8) is 0 Å². The lowest BCUT2D eigenvalue weighted by Crippen LogP contribution is -2.49. The third-order valence-electron chi connectivity index (χ3n) is 5.28. The molecule has 2 heterocycles. The number of rotatable bonds is 7. The van der Waals surface area contributed by atoms with Gasteiger partial charge in [-0.05, 0) is 43.7 Å². The maximum Gasteiger partial charge on any atom is 0.241 e. The molecule has 2 aliphatic rings. The van der Waals surface area contributed by atoms with Gasteiger partial charge in [-0.25, -0.2) is 10.4 Å². The van der Waals surface area contributed by atoms with Gasteiger partial charge in [0.15, 0.2) is 5.17 Å². The van der Waals surface area contributed by atoms with Crippen LogP contribution in [0.5, 0.6) is 5.75 Å². The minimum absolute atomic E-state index is 0.0470. The van der Waals surface area contributed by atoms with Crippen molar-refractivity contribution in [3.8, 4) is 5.75 Å². The highest BCUT2D eigenvalue weighted by Crippen LogP contribution is 2.30. The van der Waals surface area contributed by atoms with E-state index in [0.29, 0.717) is 30.6 Å². The summed E-state index contributed by atoms with van der Waals surface area (Å²) in [6.45, 7) is 5.50. The highest BCUT2D eigenvalue weighted by Gasteiger charge is 2.42. The first kappa shape index (κ1) is 22.3. The van der Waals surface area contributed by atoms with Crippen LogP contribution in [0, 0.1) is 12.8 Å². The number of hydrazine groups is 1. The molecule has 2 aromatic rings. The van der Waals surface area contributed by atoms with Crippen molar-refractivity contribution in [1.29, 1.82) is 0 Å². The molecule has 0 spiro atoms. The Morgan fingerprint density at radius 2 is 1.97 bits per heavy atom. The SMILES string of the molecule is CCOc1ccc(N2C(=O)C3CNNC3N=C2SCC(=O)NCc2ccc(C)cc2)cc1. The Morgan fingerprint density at radius 1 is 1.22 bits per heavy atom. The number of amidine groups is 1. The number of anilines is 1. The van der Waals surface area contributed by atoms with E-state index in [-0.39, 0.29) is 29.7 Å². The molecule has 2 aliphatic heterocycles. The number of aliphatic imine (C=N–C) groups is 1. The number of carbonyl (C=O) groups is 2. The number of ether oxygens (including phenoxy) is 1. The summed E-state index contributed by atoms with van der Waals surface area (Å²) in [7, 11) is 0. The minimum Gasteiger partial charge on any atom is -0.494 e. The maximum absolute atomic E-state index is 13.2. The van der Waals surface area contributed by atoms with E-state index in [2.05, 4.69) is 16.2 Å². The largest absolute Gasteiger partial charge is 0.494 e. The monoisotopic (exact) mass is 453 g/mol. The maximum atomic E-state index is 13.2. The van der Waals surface area contributed by atoms with Crippen LogP contribution < -0.4 is 25.8 Å². The molecule has 1 fully saturated rings. The quantitative estimate of drug-likeness (QED) is 0.595. The molecule has 1 saturated heterocycles. The minimum atomic E-state index is -0.334. The van der Waals surface area contributed by atoms with Crippen LogP contribution in [0.2, 0.25) is 0 Å². The fourth-order valence-electron chi connectivity index (χ4n) is 3.55. The number of amides is 2. The molecule has 9 heteroatoms. The summed E-state index contributed by atoms with van der Waals surface area (Å²) in [6, 6.07) is 15.4. The average Bonchev–Trinajstić information content (AvgIpc) is 3.27. The van der Waals surface area contributed by atoms with Gasteiger partial charge in [0.2, 0.25) is 11.8 Å². The third-order valence-corrected chi connectivity index (χ3v) is 6.23. The third kappa shape index (κ3) is 5.12. The molecule has 168 valence electrons. The number of hydrogen-bond acceptors (Lipinski definition) is 7. The van der Waals surface area contributed by atoms with Crippen LogP contribution in [0.3, 0.4) is 0 Å². The summed E-state index contributed by atoms with van der Waals surface area (Å²) < 4.78 is 5.51. The zero-order valence-electron chi connectivity index (χ0n) is 18.1. The van der Waals surface area contributed by atoms with Crippen LogP contribution in [0.25, 0.3) is 0 Å². The van der Waals surface area contributed by atoms with E-state index in [4.69, 9.17) is 9.73 Å². The molecule has 2 atom stereocenters. The number of nitrogens with one attached hydrogen (secondary N) is 3. The zero-order valence-corrected chi connectivity index (χ0v) is 18.9. The van der Waals surface area contributed by atoms with Gasteiger partial charge in [-0.3, -0.25) is 19.9 Å². The fraction of sp³-hybridized carbons (Fsp3) is 0.348. The van der Waals surface area contributed by atoms with Crippen molar-refractivity contribution in [2.45, 2.75) is 26.6 Å². The summed E-state index contributed by atoms with van der Waals surface area (Å²) in [5, 5.41) is 3.43. The van der Waals surface area contributed by atoms with Gasteiger partial charge >= 0.3 is 0 Å². The number of nitrogens with zero attached hydrogens (tertiary/aromatic N) is 2. The van der Waals surface area contributed by atoms with Crippen molar-refractivity contribution in [2.75, 3.05) is 23.8 Å². The summed E-state index contributed by atoms with van der Waals surface area (Å²) in [5.74, 6) is 0.452. The van der Waals surface area contributed by atoms with Crippen molar-refractivity contribution >= 4 is 34.4 Å². The van der Waals surface area contributed by atoms with Crippen LogP contribution in [-0.2, 0) is 16.1 Å². The van der Waals surface area contributed by atoms with Gasteiger partial charge in [-0.15, -0.1) is 0 Å². The lowest BCUT2D eigenvalue weighted by atomic mass is 10.0. The molecular weight excluding hydrogens is 426 g/mol. The smallest absolute Gasteiger partial charge is 0.241 e. The lowest BCUT2D eigenvalue weighted by molar-refractivity contribution is -0.121. The van der Waals surface area contributed by atoms with Crippen molar-refractivity contribution in [2.24, 2.45) is 10.9 Å². The molecule has 0 bridgehead atoms. The number of carbonyl (C=O) groups excluding carboxylic acids is 2. The molecule has 0 aromatic heterocycles. The van der Waals surface area contributed by atoms with Crippen LogP contribution in [0.4, 0.5) is 5.69 Å². The number of thioether (sulfide) groups is 1. The van der Waals surface area contributed by atoms with Gasteiger partial charge in [-0.2, -0.15) is 0 Å². The predicted molar refractivity (Wildman–Crippen MR) is 126 cm³/mol. The molecule has 3 N–H and O–H groups in total. The second-order valence-electron chi connectivity index (χ2n) is 7.64. The summed E-state index contributed by atoms with van der Waals surface area (Å²) >= 11 is 1.26. The first-order valence-electron chi connectivity index (χ1n) is 10.6. The normalized spacial score (nSPS) is 20.0. The Morgan fingerprint density at radius 3 is 2.69 bits per heavy atom. The van der Waals surface area contributed by atoms with Gasteiger partial charge in [0.25, 0.3) is 0 Å². The Kier molecular flexibility index (Phi) is 7.09. The fourth-order valence-corrected chi connectivity index (χ4v) is 4.43. The Hall–Kier alpha value is -2.88. The van der Waals surface area contributed by atoms with E-state index >= 15 is 0 Å². The molecule has 0 aliphatic carbocycles. The van der Waals surface area contributed by atoms with Crippen LogP contribution in [-0.4, -0.2) is 42.1 Å². The molecular formula is C23H27N5O3S. The van der Waals surface area contributed by atoms with Gasteiger partial charge in [-0.1, -0.05) is 41.6 Å². The standard InChI is InChI=1S/C23H27N5O3S/c1-3-31-18-10-8-17(9-11-18)28-22(30)19-13-25-27-21(19)26-23(28)32-14-20(29)24-12-16-6-4-15(2)5-7-16/h4-11,19,21,25,27H,3,12-14H2,1-2H3,(H,24,29). The summed E-state index contributed by atoms with van der Waals surface area (Å²) in [4.78, 5) is 32.0. The molecule has 2 amide bonds. The number of aryl methyl sites for hydroxylation is 1. The average molecular weight is 454 g/mol. The zero-order chi connectivity index (χ0) is 22.5. The Balaban J connectivity index is 1.44. The molecule has 8 nitrogen and oxygen atoms in total. The predicted octanol–water partition coefficient (Wildman–Crippen LogP) is 2.20. The van der Waals surface area contributed by atoms with Crippen LogP contribution >= 0.6 is 11.8 Å². The highest BCUT2D eigenvalue weighted by molar-refractivity contribution is 8.14. The molecule has 4 rings (SSSR count). The van der Waals surface area contributed by atoms with Crippen molar-refractivity contribution in [1.82, 2.24) is 16.2 Å². The second-order valence-corrected chi connectivity index (χ2v) is 8.58. The summed E-state index contributed by atoms with van der Waals surface area (Å²) in [5.41, 5.74) is 8.97. The van der Waals surface area contributed by atoms with Crippen LogP contribution in [0.1, 0.15) is 18.1 Å². The van der Waals surface area contributed by atoms with E-state index in [1.54, 1.807) is 4.90 Å². The molecule has 0 saturated carbocycles. The van der Waals surface area contributed by atoms with E-state index in [0.717, 1.165) is 11.3 Å². The van der Waals surface area contributed by atoms with E-state index in [1.165, 1.54) is 17.3 Å². The van der Waals surface area contributed by atoms with E-state index in [9.17, 15) is 9.59 Å².